The van der Waals surface area contributed by atoms with Gasteiger partial charge in [0.15, 0.2) is 5.69 Å². The van der Waals surface area contributed by atoms with E-state index < -0.39 is 0 Å². The van der Waals surface area contributed by atoms with Gasteiger partial charge in [-0.25, -0.2) is 0 Å². The van der Waals surface area contributed by atoms with Crippen LogP contribution in [0.15, 0.2) is 6.20 Å². The molecule has 2 N–H and O–H groups in total. The van der Waals surface area contributed by atoms with Gasteiger partial charge in [-0.3, -0.25) is 4.79 Å². The van der Waals surface area contributed by atoms with E-state index in [1.807, 2.05) is 7.05 Å². The van der Waals surface area contributed by atoms with E-state index >= 15 is 0 Å². The predicted molar refractivity (Wildman–Crippen MR) is 59.0 cm³/mol. The van der Waals surface area contributed by atoms with E-state index in [0.29, 0.717) is 11.7 Å². The fraction of sp³-hybridized carbons (Fsp3) is 0.700. The molecule has 1 aromatic rings. The maximum atomic E-state index is 12.0. The minimum atomic E-state index is -0.0550. The van der Waals surface area contributed by atoms with Crippen molar-refractivity contribution in [3.05, 3.63) is 11.9 Å². The number of rotatable bonds is 2. The third kappa shape index (κ3) is 2.38. The van der Waals surface area contributed by atoms with Crippen LogP contribution in [0.2, 0.25) is 0 Å². The van der Waals surface area contributed by atoms with Crippen molar-refractivity contribution in [3.63, 3.8) is 0 Å². The van der Waals surface area contributed by atoms with Crippen LogP contribution >= 0.6 is 0 Å². The molecule has 6 heteroatoms. The van der Waals surface area contributed by atoms with Crippen molar-refractivity contribution in [3.8, 4) is 0 Å². The second-order valence-electron chi connectivity index (χ2n) is 4.11. The van der Waals surface area contributed by atoms with Gasteiger partial charge in [0.1, 0.15) is 0 Å². The van der Waals surface area contributed by atoms with Gasteiger partial charge in [0.05, 0.1) is 6.20 Å². The lowest BCUT2D eigenvalue weighted by atomic mass is 10.1. The number of nitrogens with one attached hydrogen (secondary N) is 2. The van der Waals surface area contributed by atoms with Crippen LogP contribution in [0, 0.1) is 0 Å². The van der Waals surface area contributed by atoms with Crippen LogP contribution in [0.5, 0.6) is 0 Å². The van der Waals surface area contributed by atoms with E-state index in [1.165, 1.54) is 6.20 Å². The molecule has 1 unspecified atom stereocenters. The van der Waals surface area contributed by atoms with Gasteiger partial charge in [-0.15, -0.1) is 0 Å². The van der Waals surface area contributed by atoms with E-state index in [0.717, 1.165) is 32.4 Å². The number of hydrogen-bond donors (Lipinski definition) is 2. The highest BCUT2D eigenvalue weighted by atomic mass is 16.2. The Balaban J connectivity index is 2.00. The Labute approximate surface area is 94.4 Å². The average Bonchev–Trinajstić information content (AvgIpc) is 2.70. The van der Waals surface area contributed by atoms with Crippen LogP contribution in [0.25, 0.3) is 0 Å². The molecule has 0 saturated carbocycles. The topological polar surface area (TPSA) is 73.9 Å². The molecule has 0 radical (unpaired) electrons. The number of hydrogen-bond acceptors (Lipinski definition) is 4. The lowest BCUT2D eigenvalue weighted by Gasteiger charge is -2.26. The molecular weight excluding hydrogens is 206 g/mol. The molecule has 2 heterocycles. The van der Waals surface area contributed by atoms with E-state index in [-0.39, 0.29) is 5.91 Å². The Hall–Kier alpha value is -1.43. The largest absolute Gasteiger partial charge is 0.337 e. The standard InChI is InChI=1S/C10H17N5O/c1-15(8-3-2-5-11-6-4-8)10(16)9-7-12-14-13-9/h7-8,11H,2-6H2,1H3,(H,12,13,14). The minimum Gasteiger partial charge on any atom is -0.337 e. The highest BCUT2D eigenvalue weighted by molar-refractivity contribution is 5.91. The number of H-pyrrole nitrogens is 1. The number of nitrogens with zero attached hydrogens (tertiary/aromatic N) is 3. The van der Waals surface area contributed by atoms with E-state index in [9.17, 15) is 4.79 Å². The summed E-state index contributed by atoms with van der Waals surface area (Å²) in [5, 5.41) is 13.3. The van der Waals surface area contributed by atoms with Gasteiger partial charge in [0.25, 0.3) is 5.91 Å². The van der Waals surface area contributed by atoms with Crippen molar-refractivity contribution in [2.45, 2.75) is 25.3 Å². The Morgan fingerprint density at radius 3 is 3.12 bits per heavy atom. The maximum Gasteiger partial charge on any atom is 0.276 e. The summed E-state index contributed by atoms with van der Waals surface area (Å²) >= 11 is 0. The lowest BCUT2D eigenvalue weighted by Crippen LogP contribution is -2.37. The minimum absolute atomic E-state index is 0.0550. The Morgan fingerprint density at radius 2 is 2.38 bits per heavy atom. The summed E-state index contributed by atoms with van der Waals surface area (Å²) in [5.41, 5.74) is 0.389. The number of carbonyl (C=O) groups excluding carboxylic acids is 1. The monoisotopic (exact) mass is 223 g/mol. The molecule has 6 nitrogen and oxygen atoms in total. The van der Waals surface area contributed by atoms with Crippen LogP contribution in [0.4, 0.5) is 0 Å². The van der Waals surface area contributed by atoms with Gasteiger partial charge in [-0.1, -0.05) is 0 Å². The summed E-state index contributed by atoms with van der Waals surface area (Å²) in [7, 11) is 1.84. The summed E-state index contributed by atoms with van der Waals surface area (Å²) in [6.07, 6.45) is 4.63. The van der Waals surface area contributed by atoms with Crippen LogP contribution in [-0.2, 0) is 0 Å². The lowest BCUT2D eigenvalue weighted by molar-refractivity contribution is 0.0714. The number of aromatic nitrogens is 3. The van der Waals surface area contributed by atoms with Crippen molar-refractivity contribution >= 4 is 5.91 Å². The molecule has 1 amide bonds. The molecule has 1 saturated heterocycles. The van der Waals surface area contributed by atoms with Gasteiger partial charge in [-0.2, -0.15) is 15.4 Å². The Morgan fingerprint density at radius 1 is 1.50 bits per heavy atom. The molecule has 1 atom stereocenters. The molecule has 88 valence electrons. The first-order chi connectivity index (χ1) is 7.79. The van der Waals surface area contributed by atoms with Crippen molar-refractivity contribution < 1.29 is 4.79 Å². The van der Waals surface area contributed by atoms with Gasteiger partial charge in [0, 0.05) is 13.1 Å². The fourth-order valence-corrected chi connectivity index (χ4v) is 2.04. The zero-order chi connectivity index (χ0) is 11.4. The molecule has 1 aromatic heterocycles. The van der Waals surface area contributed by atoms with Gasteiger partial charge in [-0.05, 0) is 32.4 Å². The second kappa shape index (κ2) is 5.07. The smallest absolute Gasteiger partial charge is 0.276 e. The number of amides is 1. The number of carbonyl (C=O) groups is 1. The molecule has 16 heavy (non-hydrogen) atoms. The van der Waals surface area contributed by atoms with Gasteiger partial charge >= 0.3 is 0 Å². The summed E-state index contributed by atoms with van der Waals surface area (Å²) in [5.74, 6) is -0.0550. The van der Waals surface area contributed by atoms with Gasteiger partial charge in [0.2, 0.25) is 0 Å². The molecule has 0 bridgehead atoms. The second-order valence-corrected chi connectivity index (χ2v) is 4.11. The quantitative estimate of drug-likeness (QED) is 0.741. The number of aromatic amines is 1. The summed E-state index contributed by atoms with van der Waals surface area (Å²) < 4.78 is 0. The molecule has 1 aliphatic rings. The maximum absolute atomic E-state index is 12.0. The third-order valence-electron chi connectivity index (χ3n) is 3.05. The molecule has 2 rings (SSSR count). The van der Waals surface area contributed by atoms with E-state index in [4.69, 9.17) is 0 Å². The predicted octanol–water partition coefficient (Wildman–Crippen LogP) is 0.0188. The van der Waals surface area contributed by atoms with E-state index in [1.54, 1.807) is 4.90 Å². The van der Waals surface area contributed by atoms with Crippen molar-refractivity contribution in [1.29, 1.82) is 0 Å². The first-order valence-electron chi connectivity index (χ1n) is 5.62. The molecule has 1 aliphatic heterocycles. The highest BCUT2D eigenvalue weighted by Crippen LogP contribution is 2.13. The summed E-state index contributed by atoms with van der Waals surface area (Å²) in [6.45, 7) is 2.02. The fourth-order valence-electron chi connectivity index (χ4n) is 2.04. The van der Waals surface area contributed by atoms with Crippen LogP contribution in [-0.4, -0.2) is 52.4 Å². The molecule has 1 fully saturated rings. The van der Waals surface area contributed by atoms with Crippen molar-refractivity contribution in [2.75, 3.05) is 20.1 Å². The third-order valence-corrected chi connectivity index (χ3v) is 3.05. The highest BCUT2D eigenvalue weighted by Gasteiger charge is 2.23. The molecule has 0 aliphatic carbocycles. The average molecular weight is 223 g/mol. The van der Waals surface area contributed by atoms with Crippen LogP contribution in [0.3, 0.4) is 0 Å². The zero-order valence-corrected chi connectivity index (χ0v) is 9.44. The zero-order valence-electron chi connectivity index (χ0n) is 9.44. The van der Waals surface area contributed by atoms with E-state index in [2.05, 4.69) is 20.7 Å². The van der Waals surface area contributed by atoms with Crippen LogP contribution in [0.1, 0.15) is 29.8 Å². The van der Waals surface area contributed by atoms with Crippen molar-refractivity contribution in [2.24, 2.45) is 0 Å². The van der Waals surface area contributed by atoms with Crippen molar-refractivity contribution in [1.82, 2.24) is 25.6 Å². The normalized spacial score (nSPS) is 21.4. The first kappa shape index (κ1) is 11.1. The molecule has 0 aromatic carbocycles. The van der Waals surface area contributed by atoms with Crippen LogP contribution < -0.4 is 5.32 Å². The molecular formula is C10H17N5O. The summed E-state index contributed by atoms with van der Waals surface area (Å²) in [4.78, 5) is 13.8. The SMILES string of the molecule is CN(C(=O)c1cn[nH]n1)C1CCCNCC1. The Kier molecular flexibility index (Phi) is 3.51. The Bertz CT molecular complexity index is 329. The summed E-state index contributed by atoms with van der Waals surface area (Å²) in [6, 6.07) is 0.305. The molecule has 0 spiro atoms. The van der Waals surface area contributed by atoms with Gasteiger partial charge < -0.3 is 10.2 Å². The first-order valence-corrected chi connectivity index (χ1v) is 5.62.